The average molecular weight is 300 g/mol. The maximum atomic E-state index is 9.41. The largest absolute Gasteiger partial charge is 0.545 e. The van der Waals surface area contributed by atoms with Crippen molar-refractivity contribution in [2.45, 2.75) is 9.12 Å². The van der Waals surface area contributed by atoms with Crippen molar-refractivity contribution in [3.05, 3.63) is 12.2 Å². The van der Waals surface area contributed by atoms with Gasteiger partial charge in [0.25, 0.3) is 0 Å². The minimum atomic E-state index is -1.55. The van der Waals surface area contributed by atoms with E-state index in [4.69, 9.17) is 0 Å². The van der Waals surface area contributed by atoms with Gasteiger partial charge in [0, 0.05) is 0 Å². The normalized spacial score (nSPS) is 8.45. The molecule has 0 amide bonds. The molecule has 0 aromatic heterocycles. The van der Waals surface area contributed by atoms with Crippen molar-refractivity contribution in [1.29, 1.82) is 0 Å². The molecule has 4 nitrogen and oxygen atoms in total. The summed E-state index contributed by atoms with van der Waals surface area (Å²) in [6, 6.07) is 0. The molecule has 0 heterocycles. The van der Waals surface area contributed by atoms with Crippen LogP contribution in [0.2, 0.25) is 2.20 Å². The van der Waals surface area contributed by atoms with Crippen LogP contribution in [0.25, 0.3) is 0 Å². The molecule has 0 aliphatic heterocycles. The van der Waals surface area contributed by atoms with Gasteiger partial charge < -0.3 is 19.8 Å². The summed E-state index contributed by atoms with van der Waals surface area (Å²) in [6.07, 6.45) is 0.769. The Kier molecular flexibility index (Phi) is 12.4. The zero-order valence-electron chi connectivity index (χ0n) is 5.85. The maximum absolute atomic E-state index is 9.41. The zero-order chi connectivity index (χ0) is 9.28. The number of carbonyl (C=O) groups is 2. The van der Waals surface area contributed by atoms with Crippen LogP contribution in [0.5, 0.6) is 0 Å². The van der Waals surface area contributed by atoms with Crippen LogP contribution >= 0.6 is 0 Å². The maximum Gasteiger partial charge on any atom is 0.0643 e. The molecule has 0 bridgehead atoms. The van der Waals surface area contributed by atoms with E-state index in [1.807, 2.05) is 37.9 Å². The van der Waals surface area contributed by atoms with Crippen molar-refractivity contribution in [1.82, 2.24) is 0 Å². The second-order valence-corrected chi connectivity index (χ2v) is 2.83. The first-order valence-electron chi connectivity index (χ1n) is 2.68. The van der Waals surface area contributed by atoms with Gasteiger partial charge in [0.1, 0.15) is 0 Å². The Labute approximate surface area is 90.2 Å². The molecule has 0 rings (SSSR count). The fourth-order valence-electron chi connectivity index (χ4n) is 0.136. The summed E-state index contributed by atoms with van der Waals surface area (Å²) in [4.78, 5) is 18.8. The van der Waals surface area contributed by atoms with E-state index in [1.165, 1.54) is 2.20 Å². The predicted molar refractivity (Wildman–Crippen MR) is 29.6 cm³/mol. The van der Waals surface area contributed by atoms with Gasteiger partial charge in [-0.05, 0) is 12.2 Å². The number of carboxylic acid groups (broad SMARTS) is 2. The molecule has 0 aromatic carbocycles. The summed E-state index contributed by atoms with van der Waals surface area (Å²) in [6.45, 7) is 2.14. The summed E-state index contributed by atoms with van der Waals surface area (Å²) in [5.74, 6) is -3.09. The molecule has 0 unspecified atom stereocenters. The summed E-state index contributed by atoms with van der Waals surface area (Å²) < 4.78 is 1.28. The quantitative estimate of drug-likeness (QED) is 0.553. The Morgan fingerprint density at radius 2 is 1.45 bits per heavy atom. The zero-order valence-corrected chi connectivity index (χ0v) is 8.12. The average Bonchev–Trinajstić information content (AvgIpc) is 1.85. The molecule has 0 N–H and O–H groups in total. The minimum Gasteiger partial charge on any atom is -0.545 e. The van der Waals surface area contributed by atoms with Crippen LogP contribution in [0.4, 0.5) is 0 Å². The first-order valence-corrected chi connectivity index (χ1v) is 4.29. The molecule has 0 aliphatic carbocycles. The fraction of sp³-hybridized carbons (Fsp3) is 0.333. The van der Waals surface area contributed by atoms with Gasteiger partial charge in [-0.25, -0.2) is 0 Å². The van der Waals surface area contributed by atoms with E-state index in [0.717, 1.165) is 0 Å². The molecule has 0 aromatic rings. The second-order valence-electron chi connectivity index (χ2n) is 1.22. The molecule has 0 saturated heterocycles. The van der Waals surface area contributed by atoms with E-state index in [2.05, 4.69) is 6.92 Å². The van der Waals surface area contributed by atoms with Crippen LogP contribution in [-0.4, -0.2) is 11.9 Å². The Bertz CT molecular complexity index is 137. The van der Waals surface area contributed by atoms with E-state index in [0.29, 0.717) is 12.2 Å². The third kappa shape index (κ3) is 25.6. The summed E-state index contributed by atoms with van der Waals surface area (Å²) in [5, 5.41) is 18.8. The summed E-state index contributed by atoms with van der Waals surface area (Å²) >= 11 is 1.97. The van der Waals surface area contributed by atoms with Crippen LogP contribution < -0.4 is 10.2 Å². The van der Waals surface area contributed by atoms with Crippen LogP contribution in [0.1, 0.15) is 6.92 Å². The minimum absolute atomic E-state index is 0.384. The summed E-state index contributed by atoms with van der Waals surface area (Å²) in [5.41, 5.74) is 0. The van der Waals surface area contributed by atoms with Gasteiger partial charge >= 0.3 is 47.0 Å². The van der Waals surface area contributed by atoms with Crippen molar-refractivity contribution in [3.8, 4) is 0 Å². The van der Waals surface area contributed by atoms with Crippen molar-refractivity contribution in [2.24, 2.45) is 0 Å². The molecule has 0 fully saturated rings. The van der Waals surface area contributed by atoms with E-state index in [-0.39, 0.29) is 0 Å². The van der Waals surface area contributed by atoms with Crippen molar-refractivity contribution in [2.75, 3.05) is 0 Å². The van der Waals surface area contributed by atoms with E-state index in [9.17, 15) is 19.8 Å². The molecule has 0 radical (unpaired) electrons. The Hall–Kier alpha value is 0.00468. The molecule has 0 atom stereocenters. The van der Waals surface area contributed by atoms with Gasteiger partial charge in [-0.1, -0.05) is 0 Å². The predicted octanol–water partition coefficient (Wildman–Crippen LogP) is -1.98. The smallest absolute Gasteiger partial charge is 0.0643 e. The second kappa shape index (κ2) is 10.0. The number of hydrogen-bond acceptors (Lipinski definition) is 4. The first-order chi connectivity index (χ1) is 5.04. The third-order valence-corrected chi connectivity index (χ3v) is 0.355. The van der Waals surface area contributed by atoms with E-state index < -0.39 is 11.9 Å². The van der Waals surface area contributed by atoms with E-state index in [1.54, 1.807) is 0 Å². The molecule has 63 valence electrons. The number of aliphatic carboxylic acids is 2. The van der Waals surface area contributed by atoms with Crippen LogP contribution in [0, 0.1) is 37.9 Å². The molecule has 0 aliphatic rings. The monoisotopic (exact) mass is 301 g/mol. The molecule has 11 heavy (non-hydrogen) atoms. The molecule has 0 spiro atoms. The van der Waals surface area contributed by atoms with Gasteiger partial charge in [-0.2, -0.15) is 0 Å². The van der Waals surface area contributed by atoms with Crippen LogP contribution in [0.15, 0.2) is 12.2 Å². The third-order valence-electron chi connectivity index (χ3n) is 0.355. The summed E-state index contributed by atoms with van der Waals surface area (Å²) in [7, 11) is 0. The number of rotatable bonds is 2. The van der Waals surface area contributed by atoms with Crippen LogP contribution in [0.3, 0.4) is 0 Å². The SMILES string of the molecule is C[CH2][Gd+2].O=C([O-])/C=C\C(=O)[O-]. The Morgan fingerprint density at radius 1 is 1.27 bits per heavy atom. The molecular weight excluding hydrogens is 293 g/mol. The number of hydrogen-bond donors (Lipinski definition) is 0. The van der Waals surface area contributed by atoms with Gasteiger partial charge in [0.05, 0.1) is 11.9 Å². The standard InChI is InChI=1S/C4H4O4.C2H5.Gd/c5-3(6)1-2-4(7)8;1-2;/h1-2H,(H,5,6)(H,7,8);1H2,2H3;/q;;+2/p-2/b2-1-;;. The van der Waals surface area contributed by atoms with Crippen molar-refractivity contribution in [3.63, 3.8) is 0 Å². The number of carbonyl (C=O) groups excluding carboxylic acids is 2. The molecule has 5 heteroatoms. The Morgan fingerprint density at radius 3 is 1.55 bits per heavy atom. The van der Waals surface area contributed by atoms with Gasteiger partial charge in [-0.3, -0.25) is 0 Å². The fourth-order valence-corrected chi connectivity index (χ4v) is 0.136. The van der Waals surface area contributed by atoms with Crippen molar-refractivity contribution < 1.29 is 57.7 Å². The number of carboxylic acids is 2. The Balaban J connectivity index is 0. The van der Waals surface area contributed by atoms with Crippen molar-refractivity contribution >= 4 is 11.9 Å². The van der Waals surface area contributed by atoms with E-state index >= 15 is 0 Å². The molecular formula is C6H7GdO4. The van der Waals surface area contributed by atoms with Gasteiger partial charge in [0.2, 0.25) is 0 Å². The first kappa shape index (κ1) is 13.6. The topological polar surface area (TPSA) is 80.3 Å². The molecule has 0 saturated carbocycles. The van der Waals surface area contributed by atoms with Crippen LogP contribution in [-0.2, 0) is 9.59 Å². The van der Waals surface area contributed by atoms with Gasteiger partial charge in [-0.15, -0.1) is 0 Å². The van der Waals surface area contributed by atoms with Gasteiger partial charge in [0.15, 0.2) is 0 Å².